The molecule has 10 nitrogen and oxygen atoms in total. The second-order valence-electron chi connectivity index (χ2n) is 7.13. The van der Waals surface area contributed by atoms with Crippen LogP contribution >= 0.6 is 11.8 Å². The molecular formula is C23H20N6O4S. The summed E-state index contributed by atoms with van der Waals surface area (Å²) in [5.41, 5.74) is 2.88. The topological polar surface area (TPSA) is 117 Å². The highest BCUT2D eigenvalue weighted by Gasteiger charge is 2.12. The highest BCUT2D eigenvalue weighted by atomic mass is 32.2. The summed E-state index contributed by atoms with van der Waals surface area (Å²) in [6, 6.07) is 18.5. The van der Waals surface area contributed by atoms with Crippen molar-refractivity contribution in [2.45, 2.75) is 5.22 Å². The Morgan fingerprint density at radius 2 is 2.03 bits per heavy atom. The van der Waals surface area contributed by atoms with E-state index in [9.17, 15) is 4.79 Å². The summed E-state index contributed by atoms with van der Waals surface area (Å²) in [7, 11) is 1.61. The van der Waals surface area contributed by atoms with Crippen LogP contribution in [0.5, 0.6) is 11.6 Å². The molecule has 0 aliphatic heterocycles. The number of para-hydroxylation sites is 2. The molecule has 5 aromatic rings. The minimum absolute atomic E-state index is 0.140. The van der Waals surface area contributed by atoms with Crippen LogP contribution in [-0.4, -0.2) is 56.7 Å². The van der Waals surface area contributed by atoms with Crippen LogP contribution in [0.1, 0.15) is 0 Å². The molecular weight excluding hydrogens is 456 g/mol. The van der Waals surface area contributed by atoms with Crippen molar-refractivity contribution in [1.82, 2.24) is 30.1 Å². The SMILES string of the molecule is COc1cccc(-c2nnc3ccc(OCCNC(=O)CSc4nc5ccccc5o4)nn23)c1. The fourth-order valence-electron chi connectivity index (χ4n) is 3.23. The largest absolute Gasteiger partial charge is 0.497 e. The van der Waals surface area contributed by atoms with Gasteiger partial charge in [-0.05, 0) is 30.3 Å². The second kappa shape index (κ2) is 9.79. The maximum Gasteiger partial charge on any atom is 0.257 e. The number of aromatic nitrogens is 5. The average Bonchev–Trinajstić information content (AvgIpc) is 3.49. The number of ether oxygens (including phenoxy) is 2. The fraction of sp³-hybridized carbons (Fsp3) is 0.174. The molecule has 2 aromatic carbocycles. The lowest BCUT2D eigenvalue weighted by atomic mass is 10.2. The van der Waals surface area contributed by atoms with E-state index in [0.29, 0.717) is 40.5 Å². The van der Waals surface area contributed by atoms with Gasteiger partial charge >= 0.3 is 0 Å². The van der Waals surface area contributed by atoms with E-state index in [1.165, 1.54) is 11.8 Å². The molecule has 0 aliphatic carbocycles. The molecule has 34 heavy (non-hydrogen) atoms. The highest BCUT2D eigenvalue weighted by Crippen LogP contribution is 2.24. The maximum absolute atomic E-state index is 12.1. The molecule has 3 heterocycles. The number of nitrogens with one attached hydrogen (secondary N) is 1. The van der Waals surface area contributed by atoms with E-state index >= 15 is 0 Å². The zero-order valence-electron chi connectivity index (χ0n) is 18.2. The number of amides is 1. The molecule has 0 unspecified atom stereocenters. The van der Waals surface area contributed by atoms with Gasteiger partial charge in [-0.1, -0.05) is 36.0 Å². The normalized spacial score (nSPS) is 11.1. The smallest absolute Gasteiger partial charge is 0.257 e. The Bertz CT molecular complexity index is 1420. The van der Waals surface area contributed by atoms with Gasteiger partial charge in [-0.15, -0.1) is 15.3 Å². The number of rotatable bonds is 9. The van der Waals surface area contributed by atoms with Crippen molar-refractivity contribution in [1.29, 1.82) is 0 Å². The third-order valence-corrected chi connectivity index (χ3v) is 5.67. The number of hydrogen-bond donors (Lipinski definition) is 1. The van der Waals surface area contributed by atoms with Crippen molar-refractivity contribution >= 4 is 34.4 Å². The third-order valence-electron chi connectivity index (χ3n) is 4.84. The van der Waals surface area contributed by atoms with Gasteiger partial charge in [-0.2, -0.15) is 4.52 Å². The summed E-state index contributed by atoms with van der Waals surface area (Å²) in [5, 5.41) is 16.1. The van der Waals surface area contributed by atoms with Gasteiger partial charge in [-0.3, -0.25) is 4.79 Å². The number of oxazole rings is 1. The molecule has 0 spiro atoms. The summed E-state index contributed by atoms with van der Waals surface area (Å²) in [4.78, 5) is 16.5. The average molecular weight is 477 g/mol. The Kier molecular flexibility index (Phi) is 6.25. The van der Waals surface area contributed by atoms with Crippen molar-refractivity contribution in [2.75, 3.05) is 26.0 Å². The van der Waals surface area contributed by atoms with E-state index in [1.54, 1.807) is 23.8 Å². The highest BCUT2D eigenvalue weighted by molar-refractivity contribution is 7.99. The standard InChI is InChI=1S/C23H20N6O4S/c1-31-16-6-4-5-15(13-16)22-27-26-19-9-10-21(28-29(19)22)32-12-11-24-20(30)14-34-23-25-17-7-2-3-8-18(17)33-23/h2-10,13H,11-12,14H2,1H3,(H,24,30). The van der Waals surface area contributed by atoms with E-state index in [1.807, 2.05) is 48.5 Å². The van der Waals surface area contributed by atoms with Gasteiger partial charge in [0.2, 0.25) is 11.8 Å². The Balaban J connectivity index is 1.14. The Morgan fingerprint density at radius 3 is 2.91 bits per heavy atom. The Morgan fingerprint density at radius 1 is 1.12 bits per heavy atom. The lowest BCUT2D eigenvalue weighted by Crippen LogP contribution is -2.29. The number of carbonyl (C=O) groups is 1. The molecule has 0 saturated carbocycles. The van der Waals surface area contributed by atoms with Gasteiger partial charge in [0.25, 0.3) is 5.22 Å². The number of fused-ring (bicyclic) bond motifs is 2. The van der Waals surface area contributed by atoms with Crippen molar-refractivity contribution < 1.29 is 18.7 Å². The number of hydrogen-bond acceptors (Lipinski definition) is 9. The van der Waals surface area contributed by atoms with E-state index in [2.05, 4.69) is 25.6 Å². The zero-order chi connectivity index (χ0) is 23.3. The summed E-state index contributed by atoms with van der Waals surface area (Å²) in [6.45, 7) is 0.589. The van der Waals surface area contributed by atoms with E-state index in [-0.39, 0.29) is 18.3 Å². The van der Waals surface area contributed by atoms with Gasteiger partial charge in [-0.25, -0.2) is 4.98 Å². The van der Waals surface area contributed by atoms with Crippen LogP contribution in [0.15, 0.2) is 70.3 Å². The molecule has 1 N–H and O–H groups in total. The van der Waals surface area contributed by atoms with Crippen LogP contribution in [0.2, 0.25) is 0 Å². The van der Waals surface area contributed by atoms with Crippen LogP contribution < -0.4 is 14.8 Å². The molecule has 0 radical (unpaired) electrons. The van der Waals surface area contributed by atoms with E-state index < -0.39 is 0 Å². The molecule has 3 aromatic heterocycles. The minimum atomic E-state index is -0.140. The predicted molar refractivity (Wildman–Crippen MR) is 126 cm³/mol. The number of nitrogens with zero attached hydrogens (tertiary/aromatic N) is 5. The monoisotopic (exact) mass is 476 g/mol. The van der Waals surface area contributed by atoms with Crippen LogP contribution in [0.4, 0.5) is 0 Å². The van der Waals surface area contributed by atoms with Crippen molar-refractivity contribution in [3.63, 3.8) is 0 Å². The van der Waals surface area contributed by atoms with Gasteiger partial charge in [0.15, 0.2) is 17.1 Å². The molecule has 5 rings (SSSR count). The molecule has 172 valence electrons. The van der Waals surface area contributed by atoms with Gasteiger partial charge in [0, 0.05) is 11.6 Å². The van der Waals surface area contributed by atoms with E-state index in [4.69, 9.17) is 13.9 Å². The number of thioether (sulfide) groups is 1. The fourth-order valence-corrected chi connectivity index (χ4v) is 3.90. The van der Waals surface area contributed by atoms with Gasteiger partial charge in [0.05, 0.1) is 19.4 Å². The van der Waals surface area contributed by atoms with Crippen LogP contribution in [0, 0.1) is 0 Å². The molecule has 0 atom stereocenters. The molecule has 11 heteroatoms. The third kappa shape index (κ3) is 4.79. The summed E-state index contributed by atoms with van der Waals surface area (Å²) < 4.78 is 18.2. The summed E-state index contributed by atoms with van der Waals surface area (Å²) >= 11 is 1.24. The van der Waals surface area contributed by atoms with Crippen molar-refractivity contribution in [3.8, 4) is 23.0 Å². The van der Waals surface area contributed by atoms with Crippen molar-refractivity contribution in [2.24, 2.45) is 0 Å². The summed E-state index contributed by atoms with van der Waals surface area (Å²) in [6.07, 6.45) is 0. The number of carbonyl (C=O) groups excluding carboxylic acids is 1. The first-order valence-electron chi connectivity index (χ1n) is 10.4. The Hall–Kier alpha value is -4.12. The second-order valence-corrected chi connectivity index (χ2v) is 8.06. The van der Waals surface area contributed by atoms with Crippen LogP contribution in [-0.2, 0) is 4.79 Å². The first kappa shape index (κ1) is 21.7. The Labute approximate surface area is 198 Å². The summed E-state index contributed by atoms with van der Waals surface area (Å²) in [5.74, 6) is 1.74. The minimum Gasteiger partial charge on any atom is -0.497 e. The quantitative estimate of drug-likeness (QED) is 0.253. The molecule has 0 aliphatic rings. The van der Waals surface area contributed by atoms with Gasteiger partial charge in [0.1, 0.15) is 17.9 Å². The maximum atomic E-state index is 12.1. The van der Waals surface area contributed by atoms with Gasteiger partial charge < -0.3 is 19.2 Å². The predicted octanol–water partition coefficient (Wildman–Crippen LogP) is 3.23. The zero-order valence-corrected chi connectivity index (χ0v) is 19.0. The number of benzene rings is 2. The van der Waals surface area contributed by atoms with Crippen LogP contribution in [0.3, 0.4) is 0 Å². The first-order chi connectivity index (χ1) is 16.7. The first-order valence-corrected chi connectivity index (χ1v) is 11.4. The molecule has 0 bridgehead atoms. The van der Waals surface area contributed by atoms with E-state index in [0.717, 1.165) is 11.1 Å². The molecule has 0 saturated heterocycles. The molecule has 0 fully saturated rings. The van der Waals surface area contributed by atoms with Crippen molar-refractivity contribution in [3.05, 3.63) is 60.7 Å². The molecule has 1 amide bonds. The lowest BCUT2D eigenvalue weighted by Gasteiger charge is -2.07. The lowest BCUT2D eigenvalue weighted by molar-refractivity contribution is -0.118. The van der Waals surface area contributed by atoms with Crippen LogP contribution in [0.25, 0.3) is 28.1 Å². The number of methoxy groups -OCH3 is 1.